The monoisotopic (exact) mass is 151 g/mol. The van der Waals surface area contributed by atoms with Crippen molar-refractivity contribution in [2.75, 3.05) is 6.54 Å². The Kier molecular flexibility index (Phi) is 1.70. The summed E-state index contributed by atoms with van der Waals surface area (Å²) in [6.07, 6.45) is 2.25. The van der Waals surface area contributed by atoms with Crippen molar-refractivity contribution < 1.29 is 4.39 Å². The maximum absolute atomic E-state index is 12.2. The number of nitrogens with one attached hydrogen (secondary N) is 1. The Morgan fingerprint density at radius 2 is 2.00 bits per heavy atom. The minimum atomic E-state index is -0.497. The van der Waals surface area contributed by atoms with Crippen LogP contribution in [0, 0.1) is 0 Å². The van der Waals surface area contributed by atoms with Gasteiger partial charge >= 0.3 is 0 Å². The summed E-state index contributed by atoms with van der Waals surface area (Å²) in [6.45, 7) is 1.10. The Morgan fingerprint density at radius 1 is 1.44 bits per heavy atom. The summed E-state index contributed by atoms with van der Waals surface area (Å²) in [5.74, 6) is 0. The van der Waals surface area contributed by atoms with Crippen LogP contribution in [0.1, 0.15) is 19.3 Å². The summed E-state index contributed by atoms with van der Waals surface area (Å²) >= 11 is 0. The SMILES string of the molecule is Cl.FC1CC2(CCN2)C1. The van der Waals surface area contributed by atoms with Crippen molar-refractivity contribution >= 4 is 12.4 Å². The van der Waals surface area contributed by atoms with Crippen LogP contribution in [0.3, 0.4) is 0 Å². The second-order valence-electron chi connectivity index (χ2n) is 2.96. The average Bonchev–Trinajstić information content (AvgIpc) is 1.51. The second kappa shape index (κ2) is 2.10. The van der Waals surface area contributed by atoms with Gasteiger partial charge in [-0.15, -0.1) is 12.4 Å². The predicted octanol–water partition coefficient (Wildman–Crippen LogP) is 1.27. The van der Waals surface area contributed by atoms with E-state index >= 15 is 0 Å². The molecule has 0 amide bonds. The van der Waals surface area contributed by atoms with E-state index in [9.17, 15) is 4.39 Å². The predicted molar refractivity (Wildman–Crippen MR) is 36.7 cm³/mol. The summed E-state index contributed by atoms with van der Waals surface area (Å²) in [7, 11) is 0. The number of hydrogen-bond donors (Lipinski definition) is 1. The average molecular weight is 152 g/mol. The Bertz CT molecular complexity index is 106. The summed E-state index contributed by atoms with van der Waals surface area (Å²) in [4.78, 5) is 0. The van der Waals surface area contributed by atoms with E-state index in [0.717, 1.165) is 19.4 Å². The van der Waals surface area contributed by atoms with Gasteiger partial charge in [0.15, 0.2) is 0 Å². The highest BCUT2D eigenvalue weighted by molar-refractivity contribution is 5.85. The highest BCUT2D eigenvalue weighted by Gasteiger charge is 2.48. The molecule has 3 heteroatoms. The lowest BCUT2D eigenvalue weighted by molar-refractivity contribution is 0.0165. The third kappa shape index (κ3) is 0.945. The fraction of sp³-hybridized carbons (Fsp3) is 1.00. The molecule has 1 saturated carbocycles. The standard InChI is InChI=1S/C6H10FN.ClH/c7-5-3-6(4-5)1-2-8-6;/h5,8H,1-4H2;1H. The summed E-state index contributed by atoms with van der Waals surface area (Å²) in [6, 6.07) is 0. The lowest BCUT2D eigenvalue weighted by Gasteiger charge is -2.52. The fourth-order valence-electron chi connectivity index (χ4n) is 1.62. The summed E-state index contributed by atoms with van der Waals surface area (Å²) in [5.41, 5.74) is 0.291. The number of halogens is 2. The molecule has 1 aliphatic carbocycles. The van der Waals surface area contributed by atoms with Crippen molar-refractivity contribution in [3.05, 3.63) is 0 Å². The lowest BCUT2D eigenvalue weighted by atomic mass is 9.69. The maximum Gasteiger partial charge on any atom is 0.104 e. The van der Waals surface area contributed by atoms with Crippen LogP contribution in [0.4, 0.5) is 4.39 Å². The molecule has 1 nitrogen and oxygen atoms in total. The third-order valence-electron chi connectivity index (χ3n) is 2.33. The van der Waals surface area contributed by atoms with E-state index in [1.54, 1.807) is 0 Å². The fourth-order valence-corrected chi connectivity index (χ4v) is 1.62. The van der Waals surface area contributed by atoms with Gasteiger partial charge in [-0.2, -0.15) is 0 Å². The molecule has 0 unspecified atom stereocenters. The van der Waals surface area contributed by atoms with E-state index in [2.05, 4.69) is 5.32 Å². The van der Waals surface area contributed by atoms with E-state index in [-0.39, 0.29) is 12.4 Å². The Labute approximate surface area is 60.4 Å². The largest absolute Gasteiger partial charge is 0.311 e. The van der Waals surface area contributed by atoms with Crippen LogP contribution >= 0.6 is 12.4 Å². The van der Waals surface area contributed by atoms with Gasteiger partial charge in [-0.05, 0) is 25.8 Å². The molecule has 1 spiro atoms. The van der Waals surface area contributed by atoms with Crippen LogP contribution < -0.4 is 5.32 Å². The molecule has 1 aliphatic heterocycles. The molecule has 0 aromatic carbocycles. The zero-order valence-corrected chi connectivity index (χ0v) is 6.01. The molecule has 2 fully saturated rings. The summed E-state index contributed by atoms with van der Waals surface area (Å²) < 4.78 is 12.2. The van der Waals surface area contributed by atoms with Crippen molar-refractivity contribution in [3.63, 3.8) is 0 Å². The molecular weight excluding hydrogens is 141 g/mol. The van der Waals surface area contributed by atoms with Gasteiger partial charge in [0.2, 0.25) is 0 Å². The minimum absolute atomic E-state index is 0. The van der Waals surface area contributed by atoms with Gasteiger partial charge in [0, 0.05) is 5.54 Å². The summed E-state index contributed by atoms with van der Waals surface area (Å²) in [5, 5.41) is 3.25. The van der Waals surface area contributed by atoms with Crippen LogP contribution in [-0.4, -0.2) is 18.3 Å². The first-order chi connectivity index (χ1) is 3.81. The number of hydrogen-bond acceptors (Lipinski definition) is 1. The molecule has 2 rings (SSSR count). The zero-order valence-electron chi connectivity index (χ0n) is 5.19. The lowest BCUT2D eigenvalue weighted by Crippen LogP contribution is -2.65. The molecule has 54 valence electrons. The van der Waals surface area contributed by atoms with Gasteiger partial charge in [0.25, 0.3) is 0 Å². The Balaban J connectivity index is 0.000000405. The van der Waals surface area contributed by atoms with Crippen molar-refractivity contribution in [1.82, 2.24) is 5.32 Å². The van der Waals surface area contributed by atoms with Gasteiger partial charge in [0.05, 0.1) is 0 Å². The van der Waals surface area contributed by atoms with Crippen molar-refractivity contribution in [2.24, 2.45) is 0 Å². The second-order valence-corrected chi connectivity index (χ2v) is 2.96. The third-order valence-corrected chi connectivity index (χ3v) is 2.33. The van der Waals surface area contributed by atoms with Crippen molar-refractivity contribution in [3.8, 4) is 0 Å². The van der Waals surface area contributed by atoms with E-state index < -0.39 is 6.17 Å². The van der Waals surface area contributed by atoms with Gasteiger partial charge in [0.1, 0.15) is 6.17 Å². The van der Waals surface area contributed by atoms with E-state index in [4.69, 9.17) is 0 Å². The maximum atomic E-state index is 12.2. The number of rotatable bonds is 0. The first-order valence-corrected chi connectivity index (χ1v) is 3.20. The molecular formula is C6H11ClFN. The van der Waals surface area contributed by atoms with Gasteiger partial charge in [-0.1, -0.05) is 0 Å². The van der Waals surface area contributed by atoms with Crippen LogP contribution in [0.2, 0.25) is 0 Å². The molecule has 9 heavy (non-hydrogen) atoms. The molecule has 0 aromatic heterocycles. The van der Waals surface area contributed by atoms with E-state index in [1.807, 2.05) is 0 Å². The molecule has 1 heterocycles. The Morgan fingerprint density at radius 3 is 2.11 bits per heavy atom. The van der Waals surface area contributed by atoms with Crippen LogP contribution in [0.5, 0.6) is 0 Å². The van der Waals surface area contributed by atoms with E-state index in [1.165, 1.54) is 6.42 Å². The molecule has 0 radical (unpaired) electrons. The number of alkyl halides is 1. The van der Waals surface area contributed by atoms with Crippen molar-refractivity contribution in [2.45, 2.75) is 31.0 Å². The first-order valence-electron chi connectivity index (χ1n) is 3.20. The van der Waals surface area contributed by atoms with E-state index in [0.29, 0.717) is 5.54 Å². The Hall–Kier alpha value is 0.180. The molecule has 1 saturated heterocycles. The normalized spacial score (nSPS) is 47.0. The first kappa shape index (κ1) is 7.29. The quantitative estimate of drug-likeness (QED) is 0.550. The van der Waals surface area contributed by atoms with Gasteiger partial charge in [-0.3, -0.25) is 0 Å². The molecule has 0 aromatic rings. The highest BCUT2D eigenvalue weighted by atomic mass is 35.5. The molecule has 2 aliphatic rings. The van der Waals surface area contributed by atoms with Gasteiger partial charge < -0.3 is 5.32 Å². The van der Waals surface area contributed by atoms with Crippen LogP contribution in [0.25, 0.3) is 0 Å². The van der Waals surface area contributed by atoms with Crippen molar-refractivity contribution in [1.29, 1.82) is 0 Å². The highest BCUT2D eigenvalue weighted by Crippen LogP contribution is 2.41. The minimum Gasteiger partial charge on any atom is -0.311 e. The molecule has 0 atom stereocenters. The van der Waals surface area contributed by atoms with Gasteiger partial charge in [-0.25, -0.2) is 4.39 Å². The topological polar surface area (TPSA) is 12.0 Å². The molecule has 1 N–H and O–H groups in total. The smallest absolute Gasteiger partial charge is 0.104 e. The van der Waals surface area contributed by atoms with Crippen LogP contribution in [-0.2, 0) is 0 Å². The van der Waals surface area contributed by atoms with Crippen LogP contribution in [0.15, 0.2) is 0 Å². The molecule has 0 bridgehead atoms. The zero-order chi connectivity index (χ0) is 5.61.